The number of nitrogens with two attached hydrogens (primary N) is 1. The van der Waals surface area contributed by atoms with Crippen molar-refractivity contribution in [3.63, 3.8) is 0 Å². The summed E-state index contributed by atoms with van der Waals surface area (Å²) in [6.45, 7) is 4.16. The van der Waals surface area contributed by atoms with Crippen LogP contribution in [0, 0.1) is 5.92 Å². The molecule has 1 rings (SSSR count). The zero-order chi connectivity index (χ0) is 11.4. The Hall–Kier alpha value is -0.930. The first-order chi connectivity index (χ1) is 7.04. The summed E-state index contributed by atoms with van der Waals surface area (Å²) in [5.74, 6) is 0.337. The number of benzene rings is 1. The van der Waals surface area contributed by atoms with E-state index in [9.17, 15) is 5.11 Å². The Kier molecular flexibility index (Phi) is 4.24. The summed E-state index contributed by atoms with van der Waals surface area (Å²) in [5.41, 5.74) is 7.03. The van der Waals surface area contributed by atoms with Gasteiger partial charge in [0.1, 0.15) is 0 Å². The summed E-state index contributed by atoms with van der Waals surface area (Å²) in [6, 6.07) is 5.30. The van der Waals surface area contributed by atoms with Gasteiger partial charge < -0.3 is 16.2 Å². The highest BCUT2D eigenvalue weighted by molar-refractivity contribution is 6.33. The van der Waals surface area contributed by atoms with Gasteiger partial charge in [0, 0.05) is 5.69 Å². The standard InChI is InChI=1S/C11H17ClN2O/c1-7(2)11(6-15)14-10-4-3-8(13)5-9(10)12/h3-5,7,11,14-15H,6,13H2,1-2H3/t11-/m1/s1. The Labute approximate surface area is 95.2 Å². The smallest absolute Gasteiger partial charge is 0.0658 e. The zero-order valence-electron chi connectivity index (χ0n) is 9.00. The molecule has 4 N–H and O–H groups in total. The molecule has 0 aliphatic heterocycles. The lowest BCUT2D eigenvalue weighted by atomic mass is 10.1. The Bertz CT molecular complexity index is 328. The fourth-order valence-corrected chi connectivity index (χ4v) is 1.51. The van der Waals surface area contributed by atoms with Crippen molar-refractivity contribution in [2.45, 2.75) is 19.9 Å². The third-order valence-electron chi connectivity index (χ3n) is 2.34. The predicted molar refractivity (Wildman–Crippen MR) is 65.2 cm³/mol. The molecule has 1 atom stereocenters. The summed E-state index contributed by atoms with van der Waals surface area (Å²) in [6.07, 6.45) is 0. The largest absolute Gasteiger partial charge is 0.399 e. The van der Waals surface area contributed by atoms with E-state index in [1.54, 1.807) is 12.1 Å². The molecule has 0 aromatic heterocycles. The molecular formula is C11H17ClN2O. The van der Waals surface area contributed by atoms with E-state index < -0.39 is 0 Å². The van der Waals surface area contributed by atoms with E-state index in [-0.39, 0.29) is 12.6 Å². The number of aliphatic hydroxyl groups is 1. The minimum absolute atomic E-state index is 0.00567. The van der Waals surface area contributed by atoms with Gasteiger partial charge in [0.25, 0.3) is 0 Å². The van der Waals surface area contributed by atoms with E-state index in [1.165, 1.54) is 0 Å². The van der Waals surface area contributed by atoms with E-state index in [1.807, 2.05) is 19.9 Å². The Morgan fingerprint density at radius 3 is 2.60 bits per heavy atom. The molecule has 0 saturated heterocycles. The van der Waals surface area contributed by atoms with Crippen LogP contribution in [-0.2, 0) is 0 Å². The van der Waals surface area contributed by atoms with Crippen LogP contribution in [0.5, 0.6) is 0 Å². The summed E-state index contributed by atoms with van der Waals surface area (Å²) >= 11 is 6.01. The van der Waals surface area contributed by atoms with E-state index in [4.69, 9.17) is 17.3 Å². The molecule has 0 amide bonds. The average molecular weight is 229 g/mol. The van der Waals surface area contributed by atoms with Crippen molar-refractivity contribution >= 4 is 23.0 Å². The SMILES string of the molecule is CC(C)[C@@H](CO)Nc1ccc(N)cc1Cl. The number of hydrogen-bond acceptors (Lipinski definition) is 3. The van der Waals surface area contributed by atoms with E-state index in [2.05, 4.69) is 5.32 Å². The number of hydrogen-bond donors (Lipinski definition) is 3. The van der Waals surface area contributed by atoms with E-state index >= 15 is 0 Å². The minimum Gasteiger partial charge on any atom is -0.399 e. The molecule has 15 heavy (non-hydrogen) atoms. The number of rotatable bonds is 4. The van der Waals surface area contributed by atoms with Crippen LogP contribution in [0.15, 0.2) is 18.2 Å². The van der Waals surface area contributed by atoms with Gasteiger partial charge in [-0.3, -0.25) is 0 Å². The third kappa shape index (κ3) is 3.29. The van der Waals surface area contributed by atoms with Crippen molar-refractivity contribution in [1.82, 2.24) is 0 Å². The highest BCUT2D eigenvalue weighted by atomic mass is 35.5. The van der Waals surface area contributed by atoms with E-state index in [0.717, 1.165) is 5.69 Å². The molecule has 0 spiro atoms. The van der Waals surface area contributed by atoms with Crippen LogP contribution in [0.3, 0.4) is 0 Å². The van der Waals surface area contributed by atoms with Gasteiger partial charge in [-0.25, -0.2) is 0 Å². The van der Waals surface area contributed by atoms with Crippen LogP contribution in [0.25, 0.3) is 0 Å². The fraction of sp³-hybridized carbons (Fsp3) is 0.455. The van der Waals surface area contributed by atoms with Gasteiger partial charge in [-0.2, -0.15) is 0 Å². The van der Waals surface area contributed by atoms with Crippen LogP contribution in [-0.4, -0.2) is 17.8 Å². The van der Waals surface area contributed by atoms with Gasteiger partial charge in [-0.15, -0.1) is 0 Å². The fourth-order valence-electron chi connectivity index (χ4n) is 1.27. The van der Waals surface area contributed by atoms with Crippen LogP contribution in [0.2, 0.25) is 5.02 Å². The molecule has 4 heteroatoms. The number of nitrogen functional groups attached to an aromatic ring is 1. The number of anilines is 2. The molecule has 0 bridgehead atoms. The molecule has 0 radical (unpaired) electrons. The topological polar surface area (TPSA) is 58.3 Å². The summed E-state index contributed by atoms with van der Waals surface area (Å²) < 4.78 is 0. The van der Waals surface area contributed by atoms with Crippen molar-refractivity contribution < 1.29 is 5.11 Å². The Balaban J connectivity index is 2.79. The summed E-state index contributed by atoms with van der Waals surface area (Å²) in [7, 11) is 0. The minimum atomic E-state index is 0.00567. The first kappa shape index (κ1) is 12.1. The lowest BCUT2D eigenvalue weighted by molar-refractivity contribution is 0.249. The summed E-state index contributed by atoms with van der Waals surface area (Å²) in [4.78, 5) is 0. The van der Waals surface area contributed by atoms with Gasteiger partial charge >= 0.3 is 0 Å². The molecule has 1 aromatic carbocycles. The molecule has 0 aliphatic rings. The highest BCUT2D eigenvalue weighted by Crippen LogP contribution is 2.25. The van der Waals surface area contributed by atoms with Crippen molar-refractivity contribution in [1.29, 1.82) is 0 Å². The van der Waals surface area contributed by atoms with Gasteiger partial charge in [-0.1, -0.05) is 25.4 Å². The number of aliphatic hydroxyl groups excluding tert-OH is 1. The van der Waals surface area contributed by atoms with Crippen molar-refractivity contribution in [3.8, 4) is 0 Å². The van der Waals surface area contributed by atoms with Gasteiger partial charge in [-0.05, 0) is 24.1 Å². The van der Waals surface area contributed by atoms with Crippen LogP contribution >= 0.6 is 11.6 Å². The lowest BCUT2D eigenvalue weighted by Crippen LogP contribution is -2.29. The molecule has 84 valence electrons. The number of halogens is 1. The Morgan fingerprint density at radius 2 is 2.13 bits per heavy atom. The van der Waals surface area contributed by atoms with Crippen molar-refractivity contribution in [3.05, 3.63) is 23.2 Å². The average Bonchev–Trinajstić information content (AvgIpc) is 2.16. The van der Waals surface area contributed by atoms with Crippen LogP contribution in [0.4, 0.5) is 11.4 Å². The number of nitrogens with one attached hydrogen (secondary N) is 1. The zero-order valence-corrected chi connectivity index (χ0v) is 9.75. The second kappa shape index (κ2) is 5.24. The molecule has 0 fully saturated rings. The second-order valence-corrected chi connectivity index (χ2v) is 4.32. The summed E-state index contributed by atoms with van der Waals surface area (Å²) in [5, 5.41) is 12.9. The van der Waals surface area contributed by atoms with Crippen molar-refractivity contribution in [2.24, 2.45) is 5.92 Å². The molecule has 1 aromatic rings. The first-order valence-corrected chi connectivity index (χ1v) is 5.34. The van der Waals surface area contributed by atoms with Crippen molar-refractivity contribution in [2.75, 3.05) is 17.7 Å². The van der Waals surface area contributed by atoms with E-state index in [0.29, 0.717) is 16.6 Å². The molecule has 0 heterocycles. The normalized spacial score (nSPS) is 12.9. The molecular weight excluding hydrogens is 212 g/mol. The lowest BCUT2D eigenvalue weighted by Gasteiger charge is -2.21. The van der Waals surface area contributed by atoms with Crippen LogP contribution in [0.1, 0.15) is 13.8 Å². The second-order valence-electron chi connectivity index (χ2n) is 3.92. The highest BCUT2D eigenvalue weighted by Gasteiger charge is 2.12. The molecule has 0 unspecified atom stereocenters. The van der Waals surface area contributed by atoms with Gasteiger partial charge in [0.05, 0.1) is 23.4 Å². The maximum absolute atomic E-state index is 9.17. The third-order valence-corrected chi connectivity index (χ3v) is 2.65. The quantitative estimate of drug-likeness (QED) is 0.694. The molecule has 0 saturated carbocycles. The predicted octanol–water partition coefficient (Wildman–Crippen LogP) is 2.35. The van der Waals surface area contributed by atoms with Gasteiger partial charge in [0.15, 0.2) is 0 Å². The monoisotopic (exact) mass is 228 g/mol. The maximum Gasteiger partial charge on any atom is 0.0658 e. The Morgan fingerprint density at radius 1 is 1.47 bits per heavy atom. The first-order valence-electron chi connectivity index (χ1n) is 4.97. The van der Waals surface area contributed by atoms with Crippen LogP contribution < -0.4 is 11.1 Å². The molecule has 3 nitrogen and oxygen atoms in total. The van der Waals surface area contributed by atoms with Gasteiger partial charge in [0.2, 0.25) is 0 Å². The maximum atomic E-state index is 9.17. The molecule has 0 aliphatic carbocycles.